The van der Waals surface area contributed by atoms with Crippen molar-refractivity contribution in [2.45, 2.75) is 148 Å². The van der Waals surface area contributed by atoms with E-state index in [0.717, 1.165) is 38.5 Å². The second kappa shape index (κ2) is 30.8. The molecule has 0 heterocycles. The number of aliphatic hydroxyl groups is 1. The van der Waals surface area contributed by atoms with Crippen LogP contribution in [0.25, 0.3) is 0 Å². The molecule has 0 saturated carbocycles. The van der Waals surface area contributed by atoms with E-state index in [-0.39, 0.29) is 12.3 Å². The van der Waals surface area contributed by atoms with Gasteiger partial charge in [-0.15, -0.1) is 0 Å². The summed E-state index contributed by atoms with van der Waals surface area (Å²) in [7, 11) is -4.37. The second-order valence-corrected chi connectivity index (χ2v) is 12.9. The van der Waals surface area contributed by atoms with E-state index in [2.05, 4.69) is 67.8 Å². The average Bonchev–Trinajstić information content (AvgIpc) is 2.98. The van der Waals surface area contributed by atoms with Crippen LogP contribution in [0.1, 0.15) is 136 Å². The molecule has 0 radical (unpaired) electrons. The van der Waals surface area contributed by atoms with E-state index in [9.17, 15) is 22.9 Å². The fourth-order valence-corrected chi connectivity index (χ4v) is 5.33. The molecule has 252 valence electrons. The Kier molecular flexibility index (Phi) is 29.2. The lowest BCUT2D eigenvalue weighted by molar-refractivity contribution is -0.122. The third-order valence-electron chi connectivity index (χ3n) is 7.13. The van der Waals surface area contributed by atoms with Gasteiger partial charge in [-0.3, -0.25) is 9.35 Å². The Labute approximate surface area is 270 Å². The van der Waals surface area contributed by atoms with Crippen LogP contribution in [0.3, 0.4) is 0 Å². The van der Waals surface area contributed by atoms with Gasteiger partial charge in [0.05, 0.1) is 17.9 Å². The van der Waals surface area contributed by atoms with Crippen molar-refractivity contribution in [2.24, 2.45) is 0 Å². The summed E-state index contributed by atoms with van der Waals surface area (Å²) in [4.78, 5) is 12.4. The standard InChI is InChI=1S/C37H63NO5S/c1-3-5-7-9-11-13-15-17-18-19-21-22-24-26-28-30-32-36(39)35(34-44(41,42)43)38-37(40)33-31-29-27-25-23-20-16-14-12-10-8-6-4-2/h6,8,12,14,20,22-24,27,29-30,32,35-36,39H,3-5,7,9-11,13,15-19,21,25-26,28,31,33-34H2,1-2H3,(H,38,40)(H,41,42,43)/b8-6-,14-12-,23-20-,24-22+,29-27-,32-30+. The topological polar surface area (TPSA) is 104 Å². The first-order valence-corrected chi connectivity index (χ1v) is 18.7. The van der Waals surface area contributed by atoms with Gasteiger partial charge in [-0.05, 0) is 57.8 Å². The third kappa shape index (κ3) is 31.2. The van der Waals surface area contributed by atoms with Crippen LogP contribution in [0.2, 0.25) is 0 Å². The molecule has 1 amide bonds. The summed E-state index contributed by atoms with van der Waals surface area (Å²) in [6, 6.07) is -1.11. The highest BCUT2D eigenvalue weighted by Crippen LogP contribution is 2.12. The Morgan fingerprint density at radius 3 is 1.68 bits per heavy atom. The Morgan fingerprint density at radius 1 is 0.636 bits per heavy atom. The van der Waals surface area contributed by atoms with Crippen molar-refractivity contribution >= 4 is 16.0 Å². The van der Waals surface area contributed by atoms with Gasteiger partial charge in [-0.25, -0.2) is 0 Å². The fraction of sp³-hybridized carbons (Fsp3) is 0.649. The van der Waals surface area contributed by atoms with Crippen LogP contribution >= 0.6 is 0 Å². The molecule has 0 rings (SSSR count). The molecule has 0 aromatic rings. The molecular formula is C37H63NO5S. The van der Waals surface area contributed by atoms with Crippen LogP contribution < -0.4 is 5.32 Å². The van der Waals surface area contributed by atoms with Crippen LogP contribution in [-0.4, -0.2) is 41.9 Å². The lowest BCUT2D eigenvalue weighted by Crippen LogP contribution is -2.46. The summed E-state index contributed by atoms with van der Waals surface area (Å²) >= 11 is 0. The summed E-state index contributed by atoms with van der Waals surface area (Å²) < 4.78 is 32.3. The van der Waals surface area contributed by atoms with Crippen molar-refractivity contribution in [1.29, 1.82) is 0 Å². The van der Waals surface area contributed by atoms with Crippen molar-refractivity contribution in [3.63, 3.8) is 0 Å². The van der Waals surface area contributed by atoms with Crippen LogP contribution in [0.5, 0.6) is 0 Å². The monoisotopic (exact) mass is 633 g/mol. The molecule has 2 atom stereocenters. The summed E-state index contributed by atoms with van der Waals surface area (Å²) in [5.41, 5.74) is 0. The quantitative estimate of drug-likeness (QED) is 0.0432. The zero-order valence-corrected chi connectivity index (χ0v) is 28.6. The molecule has 0 fully saturated rings. The molecular weight excluding hydrogens is 570 g/mol. The molecule has 44 heavy (non-hydrogen) atoms. The molecule has 0 spiro atoms. The van der Waals surface area contributed by atoms with Gasteiger partial charge in [0.25, 0.3) is 10.1 Å². The molecule has 2 unspecified atom stereocenters. The maximum Gasteiger partial charge on any atom is 0.267 e. The number of nitrogens with one attached hydrogen (secondary N) is 1. The minimum Gasteiger partial charge on any atom is -0.387 e. The number of hydrogen-bond acceptors (Lipinski definition) is 4. The van der Waals surface area contributed by atoms with Crippen molar-refractivity contribution in [3.8, 4) is 0 Å². The van der Waals surface area contributed by atoms with Crippen LogP contribution in [-0.2, 0) is 14.9 Å². The zero-order chi connectivity index (χ0) is 32.6. The van der Waals surface area contributed by atoms with Gasteiger partial charge >= 0.3 is 0 Å². The molecule has 0 aliphatic heterocycles. The Balaban J connectivity index is 4.21. The van der Waals surface area contributed by atoms with Crippen molar-refractivity contribution < 1.29 is 22.9 Å². The summed E-state index contributed by atoms with van der Waals surface area (Å²) in [5.74, 6) is -1.11. The normalized spacial score (nSPS) is 14.4. The zero-order valence-electron chi connectivity index (χ0n) is 27.8. The van der Waals surface area contributed by atoms with Gasteiger partial charge in [-0.1, -0.05) is 145 Å². The number of carbonyl (C=O) groups is 1. The number of carbonyl (C=O) groups excluding carboxylic acids is 1. The Bertz CT molecular complexity index is 962. The first-order valence-electron chi connectivity index (χ1n) is 17.1. The van der Waals surface area contributed by atoms with Gasteiger partial charge < -0.3 is 10.4 Å². The predicted octanol–water partition coefficient (Wildman–Crippen LogP) is 9.51. The van der Waals surface area contributed by atoms with Crippen LogP contribution in [0.4, 0.5) is 0 Å². The van der Waals surface area contributed by atoms with E-state index >= 15 is 0 Å². The van der Waals surface area contributed by atoms with E-state index in [1.165, 1.54) is 70.3 Å². The number of rotatable bonds is 29. The molecule has 0 aliphatic carbocycles. The van der Waals surface area contributed by atoms with Gasteiger partial charge in [0.15, 0.2) is 0 Å². The highest BCUT2D eigenvalue weighted by Gasteiger charge is 2.24. The van der Waals surface area contributed by atoms with Gasteiger partial charge in [-0.2, -0.15) is 8.42 Å². The van der Waals surface area contributed by atoms with Crippen LogP contribution in [0, 0.1) is 0 Å². The number of hydrogen-bond donors (Lipinski definition) is 3. The molecule has 0 saturated heterocycles. The number of allylic oxidation sites excluding steroid dienone is 11. The number of aliphatic hydroxyl groups excluding tert-OH is 1. The Hall–Kier alpha value is -2.22. The van der Waals surface area contributed by atoms with E-state index in [1.54, 1.807) is 6.08 Å². The maximum atomic E-state index is 12.4. The van der Waals surface area contributed by atoms with Crippen molar-refractivity contribution in [1.82, 2.24) is 5.32 Å². The van der Waals surface area contributed by atoms with E-state index in [0.29, 0.717) is 12.8 Å². The van der Waals surface area contributed by atoms with Gasteiger partial charge in [0.1, 0.15) is 0 Å². The summed E-state index contributed by atoms with van der Waals surface area (Å²) in [6.07, 6.45) is 43.3. The van der Waals surface area contributed by atoms with Crippen LogP contribution in [0.15, 0.2) is 72.9 Å². The first-order chi connectivity index (χ1) is 21.3. The fourth-order valence-electron chi connectivity index (χ4n) is 4.59. The smallest absolute Gasteiger partial charge is 0.267 e. The molecule has 0 aliphatic rings. The minimum atomic E-state index is -4.37. The highest BCUT2D eigenvalue weighted by atomic mass is 32.2. The first kappa shape index (κ1) is 41.8. The third-order valence-corrected chi connectivity index (χ3v) is 7.91. The maximum absolute atomic E-state index is 12.4. The molecule has 6 nitrogen and oxygen atoms in total. The molecule has 7 heteroatoms. The SMILES string of the molecule is CC/C=C\C/C=C\C/C=C\C/C=C\CCC(=O)NC(CS(=O)(=O)O)C(O)/C=C/CC/C=C/CCCCCCCCCCCC. The van der Waals surface area contributed by atoms with E-state index in [1.807, 2.05) is 12.2 Å². The van der Waals surface area contributed by atoms with Gasteiger partial charge in [0, 0.05) is 6.42 Å². The van der Waals surface area contributed by atoms with Gasteiger partial charge in [0.2, 0.25) is 5.91 Å². The van der Waals surface area contributed by atoms with Crippen molar-refractivity contribution in [2.75, 3.05) is 5.75 Å². The summed E-state index contributed by atoms with van der Waals surface area (Å²) in [6.45, 7) is 4.37. The number of unbranched alkanes of at least 4 members (excludes halogenated alkanes) is 11. The second-order valence-electron chi connectivity index (χ2n) is 11.4. The Morgan fingerprint density at radius 2 is 1.11 bits per heavy atom. The predicted molar refractivity (Wildman–Crippen MR) is 188 cm³/mol. The molecule has 0 bridgehead atoms. The lowest BCUT2D eigenvalue weighted by Gasteiger charge is -2.20. The highest BCUT2D eigenvalue weighted by molar-refractivity contribution is 7.85. The lowest BCUT2D eigenvalue weighted by atomic mass is 10.1. The molecule has 3 N–H and O–H groups in total. The minimum absolute atomic E-state index is 0.163. The average molecular weight is 634 g/mol. The van der Waals surface area contributed by atoms with Crippen molar-refractivity contribution in [3.05, 3.63) is 72.9 Å². The molecule has 0 aromatic carbocycles. The van der Waals surface area contributed by atoms with E-state index < -0.39 is 28.0 Å². The molecule has 0 aromatic heterocycles. The summed E-state index contributed by atoms with van der Waals surface area (Å²) in [5, 5.41) is 13.1. The number of amides is 1. The largest absolute Gasteiger partial charge is 0.387 e. The van der Waals surface area contributed by atoms with E-state index in [4.69, 9.17) is 0 Å².